The van der Waals surface area contributed by atoms with Crippen LogP contribution < -0.4 is 4.74 Å². The van der Waals surface area contributed by atoms with Crippen molar-refractivity contribution in [1.29, 1.82) is 0 Å². The summed E-state index contributed by atoms with van der Waals surface area (Å²) in [5.74, 6) is -0.119. The molecule has 2 aliphatic rings. The van der Waals surface area contributed by atoms with Crippen molar-refractivity contribution in [2.75, 3.05) is 26.7 Å². The highest BCUT2D eigenvalue weighted by molar-refractivity contribution is 5.84. The molecule has 1 aromatic heterocycles. The average molecular weight is 426 g/mol. The number of hydrogen-bond donors (Lipinski definition) is 0. The zero-order valence-corrected chi connectivity index (χ0v) is 17.8. The number of amides is 2. The minimum absolute atomic E-state index is 0.0312. The van der Waals surface area contributed by atoms with Gasteiger partial charge in [-0.1, -0.05) is 6.07 Å². The quantitative estimate of drug-likeness (QED) is 0.738. The van der Waals surface area contributed by atoms with Gasteiger partial charge >= 0.3 is 0 Å². The Hall–Kier alpha value is -2.96. The van der Waals surface area contributed by atoms with Crippen LogP contribution in [0, 0.1) is 11.2 Å². The van der Waals surface area contributed by atoms with Gasteiger partial charge in [-0.25, -0.2) is 4.39 Å². The van der Waals surface area contributed by atoms with E-state index in [4.69, 9.17) is 4.74 Å². The van der Waals surface area contributed by atoms with Gasteiger partial charge in [0.1, 0.15) is 0 Å². The first kappa shape index (κ1) is 21.3. The summed E-state index contributed by atoms with van der Waals surface area (Å²) >= 11 is 0. The summed E-state index contributed by atoms with van der Waals surface area (Å²) in [6.07, 6.45) is 6.87. The minimum atomic E-state index is -0.465. The summed E-state index contributed by atoms with van der Waals surface area (Å²) < 4.78 is 18.9. The fourth-order valence-corrected chi connectivity index (χ4v) is 4.77. The van der Waals surface area contributed by atoms with Crippen LogP contribution in [0.15, 0.2) is 42.7 Å². The highest BCUT2D eigenvalue weighted by Gasteiger charge is 2.46. The number of methoxy groups -OCH3 is 1. The smallest absolute Gasteiger partial charge is 0.229 e. The van der Waals surface area contributed by atoms with Crippen LogP contribution in [0.5, 0.6) is 5.75 Å². The number of piperidine rings is 2. The van der Waals surface area contributed by atoms with Crippen LogP contribution in [0.3, 0.4) is 0 Å². The van der Waals surface area contributed by atoms with Gasteiger partial charge in [-0.05, 0) is 61.1 Å². The van der Waals surface area contributed by atoms with Gasteiger partial charge in [0.25, 0.3) is 0 Å². The molecule has 31 heavy (non-hydrogen) atoms. The molecule has 2 amide bonds. The largest absolute Gasteiger partial charge is 0.494 e. The number of pyridine rings is 1. The summed E-state index contributed by atoms with van der Waals surface area (Å²) in [5, 5.41) is 0. The number of hydrogen-bond acceptors (Lipinski definition) is 4. The van der Waals surface area contributed by atoms with E-state index < -0.39 is 5.82 Å². The third-order valence-corrected chi connectivity index (χ3v) is 6.59. The Balaban J connectivity index is 1.36. The van der Waals surface area contributed by atoms with Crippen LogP contribution in [0.1, 0.15) is 36.8 Å². The highest BCUT2D eigenvalue weighted by atomic mass is 19.1. The Labute approximate surface area is 182 Å². The molecule has 2 aromatic rings. The van der Waals surface area contributed by atoms with E-state index in [-0.39, 0.29) is 29.4 Å². The van der Waals surface area contributed by atoms with Crippen molar-refractivity contribution in [3.63, 3.8) is 0 Å². The predicted octanol–water partition coefficient (Wildman–Crippen LogP) is 3.20. The van der Waals surface area contributed by atoms with Gasteiger partial charge in [-0.2, -0.15) is 0 Å². The Morgan fingerprint density at radius 1 is 1.10 bits per heavy atom. The molecule has 6 nitrogen and oxygen atoms in total. The van der Waals surface area contributed by atoms with Crippen molar-refractivity contribution in [2.24, 2.45) is 5.41 Å². The fourth-order valence-electron chi connectivity index (χ4n) is 4.77. The van der Waals surface area contributed by atoms with Crippen LogP contribution >= 0.6 is 0 Å². The SMILES string of the molecule is COc1ccc(CC(=O)N2CCC3(CCCN(Cc4ccncc4)C3=O)CC2)cc1F. The van der Waals surface area contributed by atoms with Crippen LogP contribution in [-0.2, 0) is 22.6 Å². The molecule has 1 aromatic carbocycles. The standard InChI is InChI=1S/C24H28FN3O3/c1-31-21-4-3-19(15-20(21)25)16-22(29)27-13-8-24(9-14-27)7-2-12-28(23(24)30)17-18-5-10-26-11-6-18/h3-6,10-11,15H,2,7-9,12-14,16-17H2,1H3. The van der Waals surface area contributed by atoms with E-state index in [1.165, 1.54) is 13.2 Å². The predicted molar refractivity (Wildman–Crippen MR) is 114 cm³/mol. The molecule has 164 valence electrons. The van der Waals surface area contributed by atoms with Crippen LogP contribution in [0.25, 0.3) is 0 Å². The van der Waals surface area contributed by atoms with E-state index in [1.54, 1.807) is 24.5 Å². The number of rotatable bonds is 5. The fraction of sp³-hybridized carbons (Fsp3) is 0.458. The van der Waals surface area contributed by atoms with Gasteiger partial charge in [0.15, 0.2) is 11.6 Å². The van der Waals surface area contributed by atoms with Crippen molar-refractivity contribution in [2.45, 2.75) is 38.6 Å². The van der Waals surface area contributed by atoms with Gasteiger partial charge in [-0.3, -0.25) is 14.6 Å². The molecule has 4 rings (SSSR count). The van der Waals surface area contributed by atoms with E-state index >= 15 is 0 Å². The lowest BCUT2D eigenvalue weighted by Gasteiger charge is -2.46. The normalized spacial score (nSPS) is 18.3. The number of benzene rings is 1. The topological polar surface area (TPSA) is 62.7 Å². The molecule has 0 saturated carbocycles. The van der Waals surface area contributed by atoms with Crippen LogP contribution in [0.4, 0.5) is 4.39 Å². The first-order valence-electron chi connectivity index (χ1n) is 10.8. The molecular weight excluding hydrogens is 397 g/mol. The first-order chi connectivity index (χ1) is 15.0. The van der Waals surface area contributed by atoms with Gasteiger partial charge in [0.05, 0.1) is 18.9 Å². The molecule has 2 aliphatic heterocycles. The molecular formula is C24H28FN3O3. The number of carbonyl (C=O) groups is 2. The van der Waals surface area contributed by atoms with E-state index in [0.717, 1.165) is 24.9 Å². The average Bonchev–Trinajstić information content (AvgIpc) is 2.78. The molecule has 1 spiro atoms. The number of aromatic nitrogens is 1. The molecule has 0 atom stereocenters. The second-order valence-electron chi connectivity index (χ2n) is 8.49. The van der Waals surface area contributed by atoms with Crippen molar-refractivity contribution >= 4 is 11.8 Å². The lowest BCUT2D eigenvalue weighted by atomic mass is 9.71. The summed E-state index contributed by atoms with van der Waals surface area (Å²) in [6, 6.07) is 8.49. The second kappa shape index (κ2) is 9.04. The summed E-state index contributed by atoms with van der Waals surface area (Å²) in [6.45, 7) is 2.50. The Morgan fingerprint density at radius 2 is 1.84 bits per heavy atom. The Kier molecular flexibility index (Phi) is 6.20. The summed E-state index contributed by atoms with van der Waals surface area (Å²) in [4.78, 5) is 33.9. The van der Waals surface area contributed by atoms with Crippen LogP contribution in [-0.4, -0.2) is 53.3 Å². The number of halogens is 1. The van der Waals surface area contributed by atoms with Crippen molar-refractivity contribution in [3.8, 4) is 5.75 Å². The molecule has 2 saturated heterocycles. The van der Waals surface area contributed by atoms with E-state index in [1.807, 2.05) is 21.9 Å². The molecule has 7 heteroatoms. The van der Waals surface area contributed by atoms with Gasteiger partial charge < -0.3 is 14.5 Å². The maximum Gasteiger partial charge on any atom is 0.229 e. The number of ether oxygens (including phenoxy) is 1. The van der Waals surface area contributed by atoms with Crippen LogP contribution in [0.2, 0.25) is 0 Å². The van der Waals surface area contributed by atoms with E-state index in [9.17, 15) is 14.0 Å². The lowest BCUT2D eigenvalue weighted by molar-refractivity contribution is -0.153. The molecule has 0 N–H and O–H groups in total. The molecule has 0 unspecified atom stereocenters. The van der Waals surface area contributed by atoms with Crippen molar-refractivity contribution < 1.29 is 18.7 Å². The Bertz CT molecular complexity index is 942. The Morgan fingerprint density at radius 3 is 2.52 bits per heavy atom. The van der Waals surface area contributed by atoms with Crippen molar-refractivity contribution in [1.82, 2.24) is 14.8 Å². The third kappa shape index (κ3) is 4.55. The van der Waals surface area contributed by atoms with E-state index in [0.29, 0.717) is 38.0 Å². The maximum atomic E-state index is 13.9. The monoisotopic (exact) mass is 425 g/mol. The van der Waals surface area contributed by atoms with Gasteiger partial charge in [0.2, 0.25) is 11.8 Å². The first-order valence-corrected chi connectivity index (χ1v) is 10.8. The lowest BCUT2D eigenvalue weighted by Crippen LogP contribution is -2.54. The molecule has 2 fully saturated rings. The van der Waals surface area contributed by atoms with Gasteiger partial charge in [0, 0.05) is 38.6 Å². The van der Waals surface area contributed by atoms with Gasteiger partial charge in [-0.15, -0.1) is 0 Å². The van der Waals surface area contributed by atoms with Crippen molar-refractivity contribution in [3.05, 3.63) is 59.7 Å². The zero-order chi connectivity index (χ0) is 21.8. The number of nitrogens with zero attached hydrogens (tertiary/aromatic N) is 3. The number of likely N-dealkylation sites (tertiary alicyclic amines) is 2. The second-order valence-corrected chi connectivity index (χ2v) is 8.49. The third-order valence-electron chi connectivity index (χ3n) is 6.59. The minimum Gasteiger partial charge on any atom is -0.494 e. The molecule has 3 heterocycles. The number of carbonyl (C=O) groups excluding carboxylic acids is 2. The highest BCUT2D eigenvalue weighted by Crippen LogP contribution is 2.41. The maximum absolute atomic E-state index is 13.9. The van der Waals surface area contributed by atoms with E-state index in [2.05, 4.69) is 4.98 Å². The molecule has 0 radical (unpaired) electrons. The summed E-state index contributed by atoms with van der Waals surface area (Å²) in [7, 11) is 1.41. The molecule has 0 bridgehead atoms. The summed E-state index contributed by atoms with van der Waals surface area (Å²) in [5.41, 5.74) is 1.34. The molecule has 0 aliphatic carbocycles. The zero-order valence-electron chi connectivity index (χ0n) is 17.8.